The molecule has 0 spiro atoms. The third-order valence-electron chi connectivity index (χ3n) is 2.01. The molecule has 0 bridgehead atoms. The maximum Gasteiger partial charge on any atom is 0.130 e. The van der Waals surface area contributed by atoms with Crippen molar-refractivity contribution in [3.8, 4) is 0 Å². The molecular weight excluding hydrogens is 152 g/mol. The molecule has 0 aliphatic rings. The van der Waals surface area contributed by atoms with Gasteiger partial charge < -0.3 is 4.79 Å². The van der Waals surface area contributed by atoms with Crippen LogP contribution in [0, 0.1) is 13.8 Å². The first kappa shape index (κ1) is 8.97. The lowest BCUT2D eigenvalue weighted by Crippen LogP contribution is -1.95. The summed E-state index contributed by atoms with van der Waals surface area (Å²) in [5.41, 5.74) is 3.27. The molecule has 1 N–H and O–H groups in total. The Morgan fingerprint density at radius 1 is 1.50 bits per heavy atom. The number of H-pyrrole nitrogens is 1. The van der Waals surface area contributed by atoms with E-state index in [0.717, 1.165) is 17.8 Å². The summed E-state index contributed by atoms with van der Waals surface area (Å²) in [6, 6.07) is 0. The highest BCUT2D eigenvalue weighted by atomic mass is 16.1. The highest BCUT2D eigenvalue weighted by Gasteiger charge is 2.06. The molecule has 66 valence electrons. The Morgan fingerprint density at radius 2 is 2.17 bits per heavy atom. The molecular formula is C9H14N2O. The van der Waals surface area contributed by atoms with Crippen LogP contribution in [0.3, 0.4) is 0 Å². The van der Waals surface area contributed by atoms with E-state index in [9.17, 15) is 4.79 Å². The topological polar surface area (TPSA) is 45.8 Å². The standard InChI is InChI=1S/C9H14N2O/c1-6(12)4-5-9-7(2)10-11-8(9)3/h4-5H2,1-3H3,(H,10,11). The zero-order valence-electron chi connectivity index (χ0n) is 7.77. The first-order chi connectivity index (χ1) is 5.61. The van der Waals surface area contributed by atoms with E-state index in [1.807, 2.05) is 13.8 Å². The predicted molar refractivity (Wildman–Crippen MR) is 47.1 cm³/mol. The second-order valence-corrected chi connectivity index (χ2v) is 3.11. The number of rotatable bonds is 3. The van der Waals surface area contributed by atoms with Crippen molar-refractivity contribution >= 4 is 5.78 Å². The largest absolute Gasteiger partial charge is 0.300 e. The lowest BCUT2D eigenvalue weighted by atomic mass is 10.1. The van der Waals surface area contributed by atoms with Crippen molar-refractivity contribution in [3.05, 3.63) is 17.0 Å². The van der Waals surface area contributed by atoms with E-state index in [1.165, 1.54) is 5.56 Å². The van der Waals surface area contributed by atoms with E-state index in [0.29, 0.717) is 6.42 Å². The fraction of sp³-hybridized carbons (Fsp3) is 0.556. The SMILES string of the molecule is CC(=O)CCc1c(C)n[nH]c1C. The third kappa shape index (κ3) is 1.94. The molecule has 1 aromatic heterocycles. The number of nitrogens with zero attached hydrogens (tertiary/aromatic N) is 1. The molecule has 0 radical (unpaired) electrons. The monoisotopic (exact) mass is 166 g/mol. The number of hydrogen-bond acceptors (Lipinski definition) is 2. The Morgan fingerprint density at radius 3 is 2.58 bits per heavy atom. The molecule has 12 heavy (non-hydrogen) atoms. The number of hydrogen-bond donors (Lipinski definition) is 1. The lowest BCUT2D eigenvalue weighted by molar-refractivity contribution is -0.116. The van der Waals surface area contributed by atoms with Crippen LogP contribution in [0.15, 0.2) is 0 Å². The molecule has 0 fully saturated rings. The average molecular weight is 166 g/mol. The molecule has 0 amide bonds. The first-order valence-electron chi connectivity index (χ1n) is 4.11. The van der Waals surface area contributed by atoms with Gasteiger partial charge >= 0.3 is 0 Å². The van der Waals surface area contributed by atoms with Crippen LogP contribution >= 0.6 is 0 Å². The number of carbonyl (C=O) groups is 1. The van der Waals surface area contributed by atoms with Crippen LogP contribution in [0.5, 0.6) is 0 Å². The number of Topliss-reactive ketones (excluding diaryl/α,β-unsaturated/α-hetero) is 1. The number of nitrogens with one attached hydrogen (secondary N) is 1. The highest BCUT2D eigenvalue weighted by molar-refractivity contribution is 5.75. The van der Waals surface area contributed by atoms with Crippen LogP contribution in [0.1, 0.15) is 30.3 Å². The smallest absolute Gasteiger partial charge is 0.130 e. The van der Waals surface area contributed by atoms with Gasteiger partial charge in [0.15, 0.2) is 0 Å². The normalized spacial score (nSPS) is 10.2. The molecule has 3 heteroatoms. The van der Waals surface area contributed by atoms with Gasteiger partial charge in [0.2, 0.25) is 0 Å². The van der Waals surface area contributed by atoms with Crippen LogP contribution < -0.4 is 0 Å². The number of ketones is 1. The summed E-state index contributed by atoms with van der Waals surface area (Å²) in [4.78, 5) is 10.7. The zero-order valence-corrected chi connectivity index (χ0v) is 7.77. The second kappa shape index (κ2) is 3.52. The van der Waals surface area contributed by atoms with E-state index < -0.39 is 0 Å². The van der Waals surface area contributed by atoms with Gasteiger partial charge in [0.05, 0.1) is 5.69 Å². The number of aromatic amines is 1. The summed E-state index contributed by atoms with van der Waals surface area (Å²) in [5.74, 6) is 0.231. The lowest BCUT2D eigenvalue weighted by Gasteiger charge is -1.97. The highest BCUT2D eigenvalue weighted by Crippen LogP contribution is 2.11. The van der Waals surface area contributed by atoms with Crippen LogP contribution in [-0.4, -0.2) is 16.0 Å². The molecule has 3 nitrogen and oxygen atoms in total. The average Bonchev–Trinajstić information content (AvgIpc) is 2.28. The maximum absolute atomic E-state index is 10.7. The van der Waals surface area contributed by atoms with Gasteiger partial charge in [-0.25, -0.2) is 0 Å². The van der Waals surface area contributed by atoms with E-state index >= 15 is 0 Å². The molecule has 1 aromatic rings. The van der Waals surface area contributed by atoms with Crippen LogP contribution in [-0.2, 0) is 11.2 Å². The predicted octanol–water partition coefficient (Wildman–Crippen LogP) is 1.55. The minimum absolute atomic E-state index is 0.231. The van der Waals surface area contributed by atoms with Gasteiger partial charge in [0, 0.05) is 12.1 Å². The van der Waals surface area contributed by atoms with E-state index in [1.54, 1.807) is 6.92 Å². The van der Waals surface area contributed by atoms with Gasteiger partial charge in [-0.15, -0.1) is 0 Å². The van der Waals surface area contributed by atoms with Gasteiger partial charge in [-0.2, -0.15) is 5.10 Å². The third-order valence-corrected chi connectivity index (χ3v) is 2.01. The van der Waals surface area contributed by atoms with Crippen molar-refractivity contribution in [2.75, 3.05) is 0 Å². The van der Waals surface area contributed by atoms with Crippen LogP contribution in [0.2, 0.25) is 0 Å². The molecule has 0 aliphatic heterocycles. The van der Waals surface area contributed by atoms with Crippen molar-refractivity contribution in [1.82, 2.24) is 10.2 Å². The van der Waals surface area contributed by atoms with Gasteiger partial charge in [-0.3, -0.25) is 5.10 Å². The second-order valence-electron chi connectivity index (χ2n) is 3.11. The fourth-order valence-electron chi connectivity index (χ4n) is 1.24. The van der Waals surface area contributed by atoms with Gasteiger partial charge in [-0.05, 0) is 32.8 Å². The molecule has 0 aromatic carbocycles. The number of carbonyl (C=O) groups excluding carboxylic acids is 1. The van der Waals surface area contributed by atoms with Crippen molar-refractivity contribution in [1.29, 1.82) is 0 Å². The van der Waals surface area contributed by atoms with Gasteiger partial charge in [0.1, 0.15) is 5.78 Å². The summed E-state index contributed by atoms with van der Waals surface area (Å²) in [6.07, 6.45) is 1.42. The molecule has 1 rings (SSSR count). The van der Waals surface area contributed by atoms with Gasteiger partial charge in [0.25, 0.3) is 0 Å². The minimum atomic E-state index is 0.231. The number of aromatic nitrogens is 2. The minimum Gasteiger partial charge on any atom is -0.300 e. The molecule has 0 atom stereocenters. The van der Waals surface area contributed by atoms with Crippen molar-refractivity contribution in [3.63, 3.8) is 0 Å². The van der Waals surface area contributed by atoms with Crippen LogP contribution in [0.4, 0.5) is 0 Å². The Balaban J connectivity index is 2.68. The molecule has 0 saturated carbocycles. The Kier molecular flexibility index (Phi) is 2.63. The van der Waals surface area contributed by atoms with Crippen molar-refractivity contribution in [2.24, 2.45) is 0 Å². The van der Waals surface area contributed by atoms with Crippen LogP contribution in [0.25, 0.3) is 0 Å². The molecule has 0 saturated heterocycles. The zero-order chi connectivity index (χ0) is 9.14. The fourth-order valence-corrected chi connectivity index (χ4v) is 1.24. The Hall–Kier alpha value is -1.12. The number of aryl methyl sites for hydroxylation is 2. The Labute approximate surface area is 72.2 Å². The van der Waals surface area contributed by atoms with Gasteiger partial charge in [-0.1, -0.05) is 0 Å². The first-order valence-corrected chi connectivity index (χ1v) is 4.11. The van der Waals surface area contributed by atoms with E-state index in [2.05, 4.69) is 10.2 Å². The van der Waals surface area contributed by atoms with Crippen molar-refractivity contribution in [2.45, 2.75) is 33.6 Å². The molecule has 0 unspecified atom stereocenters. The summed E-state index contributed by atoms with van der Waals surface area (Å²) in [6.45, 7) is 5.55. The summed E-state index contributed by atoms with van der Waals surface area (Å²) in [7, 11) is 0. The van der Waals surface area contributed by atoms with E-state index in [-0.39, 0.29) is 5.78 Å². The summed E-state index contributed by atoms with van der Waals surface area (Å²) >= 11 is 0. The molecule has 1 heterocycles. The molecule has 0 aliphatic carbocycles. The summed E-state index contributed by atoms with van der Waals surface area (Å²) in [5, 5.41) is 6.96. The Bertz CT molecular complexity index is 269. The quantitative estimate of drug-likeness (QED) is 0.740. The van der Waals surface area contributed by atoms with E-state index in [4.69, 9.17) is 0 Å². The summed E-state index contributed by atoms with van der Waals surface area (Å²) < 4.78 is 0. The maximum atomic E-state index is 10.7. The van der Waals surface area contributed by atoms with Crippen molar-refractivity contribution < 1.29 is 4.79 Å².